The number of likely N-dealkylation sites (tertiary alicyclic amines) is 1. The van der Waals surface area contributed by atoms with Gasteiger partial charge in [-0.15, -0.1) is 0 Å². The van der Waals surface area contributed by atoms with E-state index < -0.39 is 0 Å². The first-order valence-electron chi connectivity index (χ1n) is 6.59. The highest BCUT2D eigenvalue weighted by Crippen LogP contribution is 2.26. The number of ether oxygens (including phenoxy) is 1. The summed E-state index contributed by atoms with van der Waals surface area (Å²) in [5.41, 5.74) is 0.402. The van der Waals surface area contributed by atoms with E-state index in [0.29, 0.717) is 11.5 Å². The van der Waals surface area contributed by atoms with Gasteiger partial charge in [0.2, 0.25) is 0 Å². The maximum Gasteiger partial charge on any atom is 0.0554 e. The first-order chi connectivity index (χ1) is 7.59. The Hall–Kier alpha value is -0.120. The highest BCUT2D eigenvalue weighted by Gasteiger charge is 2.34. The molecule has 0 radical (unpaired) electrons. The Bertz CT molecular complexity index is 220. The second-order valence-corrected chi connectivity index (χ2v) is 6.11. The van der Waals surface area contributed by atoms with E-state index in [9.17, 15) is 0 Å². The normalized spacial score (nSPS) is 28.7. The Labute approximate surface area is 99.5 Å². The SMILES string of the molecule is CC(NCC1(C)COC1)C1CCN(C)CC1. The third-order valence-electron chi connectivity index (χ3n) is 4.22. The molecule has 94 valence electrons. The van der Waals surface area contributed by atoms with Crippen molar-refractivity contribution in [3.63, 3.8) is 0 Å². The lowest BCUT2D eigenvalue weighted by molar-refractivity contribution is -0.101. The molecule has 16 heavy (non-hydrogen) atoms. The maximum absolute atomic E-state index is 5.28. The first-order valence-corrected chi connectivity index (χ1v) is 6.59. The lowest BCUT2D eigenvalue weighted by atomic mass is 9.86. The van der Waals surface area contributed by atoms with E-state index in [4.69, 9.17) is 4.74 Å². The summed E-state index contributed by atoms with van der Waals surface area (Å²) in [5.74, 6) is 0.862. The summed E-state index contributed by atoms with van der Waals surface area (Å²) in [5, 5.41) is 3.71. The molecule has 2 heterocycles. The van der Waals surface area contributed by atoms with Crippen molar-refractivity contribution in [2.45, 2.75) is 32.7 Å². The molecule has 1 unspecified atom stereocenters. The molecule has 2 aliphatic rings. The highest BCUT2D eigenvalue weighted by molar-refractivity contribution is 4.86. The molecule has 2 rings (SSSR count). The van der Waals surface area contributed by atoms with Gasteiger partial charge < -0.3 is 15.0 Å². The molecule has 0 amide bonds. The fourth-order valence-corrected chi connectivity index (χ4v) is 2.66. The summed E-state index contributed by atoms with van der Waals surface area (Å²) in [6.07, 6.45) is 2.69. The molecule has 0 spiro atoms. The van der Waals surface area contributed by atoms with Crippen molar-refractivity contribution in [3.8, 4) is 0 Å². The van der Waals surface area contributed by atoms with Crippen LogP contribution in [0.2, 0.25) is 0 Å². The Kier molecular flexibility index (Phi) is 3.88. The molecule has 3 nitrogen and oxygen atoms in total. The summed E-state index contributed by atoms with van der Waals surface area (Å²) < 4.78 is 5.28. The lowest BCUT2D eigenvalue weighted by Gasteiger charge is -2.40. The van der Waals surface area contributed by atoms with Crippen molar-refractivity contribution < 1.29 is 4.74 Å². The van der Waals surface area contributed by atoms with E-state index in [0.717, 1.165) is 25.7 Å². The minimum atomic E-state index is 0.402. The van der Waals surface area contributed by atoms with Crippen LogP contribution >= 0.6 is 0 Å². The topological polar surface area (TPSA) is 24.5 Å². The van der Waals surface area contributed by atoms with E-state index in [-0.39, 0.29) is 0 Å². The van der Waals surface area contributed by atoms with Gasteiger partial charge in [0.15, 0.2) is 0 Å². The van der Waals surface area contributed by atoms with Crippen LogP contribution in [-0.2, 0) is 4.74 Å². The predicted octanol–water partition coefficient (Wildman–Crippen LogP) is 1.34. The van der Waals surface area contributed by atoms with Crippen LogP contribution in [-0.4, -0.2) is 50.8 Å². The Balaban J connectivity index is 1.69. The van der Waals surface area contributed by atoms with E-state index in [1.165, 1.54) is 25.9 Å². The molecule has 1 N–H and O–H groups in total. The van der Waals surface area contributed by atoms with E-state index >= 15 is 0 Å². The summed E-state index contributed by atoms with van der Waals surface area (Å²) in [6, 6.07) is 0.658. The Morgan fingerprint density at radius 1 is 1.38 bits per heavy atom. The van der Waals surface area contributed by atoms with Gasteiger partial charge in [-0.2, -0.15) is 0 Å². The number of rotatable bonds is 4. The predicted molar refractivity (Wildman–Crippen MR) is 66.6 cm³/mol. The number of hydrogen-bond acceptors (Lipinski definition) is 3. The third-order valence-corrected chi connectivity index (χ3v) is 4.22. The molecule has 0 aromatic rings. The van der Waals surface area contributed by atoms with Gasteiger partial charge in [-0.05, 0) is 45.8 Å². The minimum absolute atomic E-state index is 0.402. The molecular formula is C13H26N2O. The van der Waals surface area contributed by atoms with Gasteiger partial charge in [-0.3, -0.25) is 0 Å². The fraction of sp³-hybridized carbons (Fsp3) is 1.00. The maximum atomic E-state index is 5.28. The third kappa shape index (κ3) is 2.96. The number of hydrogen-bond donors (Lipinski definition) is 1. The standard InChI is InChI=1S/C13H26N2O/c1-11(12-4-6-15(3)7-5-12)14-8-13(2)9-16-10-13/h11-12,14H,4-10H2,1-3H3. The zero-order chi connectivity index (χ0) is 11.6. The van der Waals surface area contributed by atoms with Gasteiger partial charge in [-0.1, -0.05) is 6.92 Å². The van der Waals surface area contributed by atoms with Crippen LogP contribution in [0.4, 0.5) is 0 Å². The molecule has 0 aromatic heterocycles. The van der Waals surface area contributed by atoms with Crippen molar-refractivity contribution in [2.24, 2.45) is 11.3 Å². The average Bonchev–Trinajstić information content (AvgIpc) is 2.24. The van der Waals surface area contributed by atoms with Crippen molar-refractivity contribution >= 4 is 0 Å². The summed E-state index contributed by atoms with van der Waals surface area (Å²) in [7, 11) is 2.22. The zero-order valence-electron chi connectivity index (χ0n) is 11.0. The molecule has 0 aromatic carbocycles. The van der Waals surface area contributed by atoms with Crippen molar-refractivity contribution in [1.82, 2.24) is 10.2 Å². The summed E-state index contributed by atoms with van der Waals surface area (Å²) >= 11 is 0. The van der Waals surface area contributed by atoms with Gasteiger partial charge in [-0.25, -0.2) is 0 Å². The van der Waals surface area contributed by atoms with Gasteiger partial charge >= 0.3 is 0 Å². The number of nitrogens with zero attached hydrogens (tertiary/aromatic N) is 1. The van der Waals surface area contributed by atoms with E-state index in [2.05, 4.69) is 31.1 Å². The second-order valence-electron chi connectivity index (χ2n) is 6.11. The average molecular weight is 226 g/mol. The zero-order valence-corrected chi connectivity index (χ0v) is 11.0. The Morgan fingerprint density at radius 2 is 2.00 bits per heavy atom. The summed E-state index contributed by atoms with van der Waals surface area (Å²) in [6.45, 7) is 10.2. The number of nitrogens with one attached hydrogen (secondary N) is 1. The molecule has 3 heteroatoms. The molecule has 0 bridgehead atoms. The monoisotopic (exact) mass is 226 g/mol. The van der Waals surface area contributed by atoms with E-state index in [1.807, 2.05) is 0 Å². The lowest BCUT2D eigenvalue weighted by Crippen LogP contribution is -2.51. The van der Waals surface area contributed by atoms with Crippen LogP contribution in [0.1, 0.15) is 26.7 Å². The smallest absolute Gasteiger partial charge is 0.0554 e. The highest BCUT2D eigenvalue weighted by atomic mass is 16.5. The van der Waals surface area contributed by atoms with Crippen LogP contribution in [0, 0.1) is 11.3 Å². The number of piperidine rings is 1. The van der Waals surface area contributed by atoms with Crippen molar-refractivity contribution in [1.29, 1.82) is 0 Å². The quantitative estimate of drug-likeness (QED) is 0.783. The molecule has 2 saturated heterocycles. The van der Waals surface area contributed by atoms with Crippen LogP contribution in [0.5, 0.6) is 0 Å². The van der Waals surface area contributed by atoms with Crippen LogP contribution in [0.3, 0.4) is 0 Å². The molecule has 0 aliphatic carbocycles. The van der Waals surface area contributed by atoms with Crippen LogP contribution < -0.4 is 5.32 Å². The first kappa shape index (κ1) is 12.3. The van der Waals surface area contributed by atoms with Gasteiger partial charge in [0.25, 0.3) is 0 Å². The van der Waals surface area contributed by atoms with Gasteiger partial charge in [0.05, 0.1) is 13.2 Å². The van der Waals surface area contributed by atoms with Crippen molar-refractivity contribution in [2.75, 3.05) is 39.9 Å². The molecule has 1 atom stereocenters. The minimum Gasteiger partial charge on any atom is -0.380 e. The largest absolute Gasteiger partial charge is 0.380 e. The fourth-order valence-electron chi connectivity index (χ4n) is 2.66. The van der Waals surface area contributed by atoms with E-state index in [1.54, 1.807) is 0 Å². The Morgan fingerprint density at radius 3 is 2.50 bits per heavy atom. The molecule has 2 fully saturated rings. The van der Waals surface area contributed by atoms with Gasteiger partial charge in [0.1, 0.15) is 0 Å². The summed E-state index contributed by atoms with van der Waals surface area (Å²) in [4.78, 5) is 2.43. The molecule has 2 aliphatic heterocycles. The van der Waals surface area contributed by atoms with Gasteiger partial charge in [0, 0.05) is 18.0 Å². The van der Waals surface area contributed by atoms with Crippen LogP contribution in [0.25, 0.3) is 0 Å². The molecular weight excluding hydrogens is 200 g/mol. The van der Waals surface area contributed by atoms with Crippen molar-refractivity contribution in [3.05, 3.63) is 0 Å². The second kappa shape index (κ2) is 5.03. The van der Waals surface area contributed by atoms with Crippen LogP contribution in [0.15, 0.2) is 0 Å². The molecule has 0 saturated carbocycles.